The Hall–Kier alpha value is -3.26. The van der Waals surface area contributed by atoms with E-state index in [4.69, 9.17) is 16.3 Å². The van der Waals surface area contributed by atoms with Gasteiger partial charge in [0, 0.05) is 6.07 Å². The van der Waals surface area contributed by atoms with E-state index in [1.165, 1.54) is 19.1 Å². The van der Waals surface area contributed by atoms with Crippen molar-refractivity contribution in [3.05, 3.63) is 79.3 Å². The van der Waals surface area contributed by atoms with Crippen molar-refractivity contribution in [2.45, 2.75) is 13.0 Å². The maximum absolute atomic E-state index is 12.3. The number of ether oxygens (including phenoxy) is 1. The minimum Gasteiger partial charge on any atom is -0.451 e. The fourth-order valence-electron chi connectivity index (χ4n) is 2.36. The molecule has 3 aromatic rings. The molecule has 0 saturated carbocycles. The van der Waals surface area contributed by atoms with Crippen molar-refractivity contribution in [1.82, 2.24) is 9.97 Å². The Labute approximate surface area is 151 Å². The topological polar surface area (TPSA) is 115 Å². The number of hydrogen-bond donors (Lipinski definition) is 1. The number of para-hydroxylation sites is 1. The number of hydrogen-bond acceptors (Lipinski definition) is 6. The normalized spacial score (nSPS) is 11.9. The SMILES string of the molecule is C[C@@H](OC(=O)c1ccc(Cl)c([N+](=O)[O-])c1)c1nc2ccccc2c(=O)[nH]1. The van der Waals surface area contributed by atoms with Gasteiger partial charge in [-0.15, -0.1) is 0 Å². The van der Waals surface area contributed by atoms with E-state index in [1.54, 1.807) is 24.3 Å². The fourth-order valence-corrected chi connectivity index (χ4v) is 2.55. The zero-order valence-electron chi connectivity index (χ0n) is 13.4. The largest absolute Gasteiger partial charge is 0.451 e. The van der Waals surface area contributed by atoms with Gasteiger partial charge in [0.1, 0.15) is 5.02 Å². The number of carbonyl (C=O) groups excluding carboxylic acids is 1. The number of halogens is 1. The summed E-state index contributed by atoms with van der Waals surface area (Å²) >= 11 is 5.73. The Kier molecular flexibility index (Phi) is 4.68. The Bertz CT molecular complexity index is 1080. The van der Waals surface area contributed by atoms with Crippen LogP contribution in [0.25, 0.3) is 10.9 Å². The number of nitro benzene ring substituents is 1. The van der Waals surface area contributed by atoms with Crippen molar-refractivity contribution in [2.75, 3.05) is 0 Å². The van der Waals surface area contributed by atoms with Crippen LogP contribution in [0.5, 0.6) is 0 Å². The molecule has 0 saturated heterocycles. The van der Waals surface area contributed by atoms with Crippen LogP contribution in [0.15, 0.2) is 47.3 Å². The summed E-state index contributed by atoms with van der Waals surface area (Å²) in [6.07, 6.45) is -0.866. The molecule has 9 heteroatoms. The molecule has 8 nitrogen and oxygen atoms in total. The molecule has 132 valence electrons. The lowest BCUT2D eigenvalue weighted by atomic mass is 10.2. The van der Waals surface area contributed by atoms with Crippen molar-refractivity contribution < 1.29 is 14.5 Å². The molecule has 0 aliphatic heterocycles. The molecule has 3 rings (SSSR count). The average molecular weight is 374 g/mol. The van der Waals surface area contributed by atoms with Crippen LogP contribution in [0.2, 0.25) is 5.02 Å². The summed E-state index contributed by atoms with van der Waals surface area (Å²) in [7, 11) is 0. The van der Waals surface area contributed by atoms with Crippen LogP contribution in [-0.2, 0) is 4.74 Å². The van der Waals surface area contributed by atoms with E-state index in [1.807, 2.05) is 0 Å². The Morgan fingerprint density at radius 3 is 2.77 bits per heavy atom. The minimum atomic E-state index is -0.866. The highest BCUT2D eigenvalue weighted by molar-refractivity contribution is 6.32. The monoisotopic (exact) mass is 373 g/mol. The molecule has 26 heavy (non-hydrogen) atoms. The van der Waals surface area contributed by atoms with E-state index in [9.17, 15) is 19.7 Å². The van der Waals surface area contributed by atoms with E-state index < -0.39 is 22.7 Å². The van der Waals surface area contributed by atoms with Crippen LogP contribution < -0.4 is 5.56 Å². The van der Waals surface area contributed by atoms with Gasteiger partial charge < -0.3 is 9.72 Å². The lowest BCUT2D eigenvalue weighted by molar-refractivity contribution is -0.384. The number of fused-ring (bicyclic) bond motifs is 1. The highest BCUT2D eigenvalue weighted by Gasteiger charge is 2.20. The number of carbonyl (C=O) groups is 1. The highest BCUT2D eigenvalue weighted by atomic mass is 35.5. The van der Waals surface area contributed by atoms with Crippen LogP contribution in [0.4, 0.5) is 5.69 Å². The molecule has 0 bridgehead atoms. The molecular weight excluding hydrogens is 362 g/mol. The summed E-state index contributed by atoms with van der Waals surface area (Å²) in [6.45, 7) is 1.54. The molecule has 0 spiro atoms. The third kappa shape index (κ3) is 3.40. The molecule has 2 aromatic carbocycles. The van der Waals surface area contributed by atoms with Gasteiger partial charge in [0.2, 0.25) is 0 Å². The number of nitro groups is 1. The second-order valence-electron chi connectivity index (χ2n) is 5.44. The predicted molar refractivity (Wildman–Crippen MR) is 94.3 cm³/mol. The van der Waals surface area contributed by atoms with E-state index in [0.29, 0.717) is 10.9 Å². The Balaban J connectivity index is 1.87. The zero-order valence-corrected chi connectivity index (χ0v) is 14.2. The van der Waals surface area contributed by atoms with Gasteiger partial charge in [-0.3, -0.25) is 14.9 Å². The number of benzene rings is 2. The second kappa shape index (κ2) is 6.93. The van der Waals surface area contributed by atoms with Crippen LogP contribution >= 0.6 is 11.6 Å². The molecule has 1 aromatic heterocycles. The molecule has 0 unspecified atom stereocenters. The fraction of sp³-hybridized carbons (Fsp3) is 0.118. The molecule has 0 fully saturated rings. The molecule has 0 aliphatic rings. The number of rotatable bonds is 4. The number of aromatic nitrogens is 2. The third-order valence-electron chi connectivity index (χ3n) is 3.68. The third-order valence-corrected chi connectivity index (χ3v) is 4.00. The summed E-state index contributed by atoms with van der Waals surface area (Å²) in [5.41, 5.74) is -0.311. The Morgan fingerprint density at radius 1 is 1.31 bits per heavy atom. The van der Waals surface area contributed by atoms with Gasteiger partial charge >= 0.3 is 5.97 Å². The van der Waals surface area contributed by atoms with Crippen LogP contribution in [0, 0.1) is 10.1 Å². The van der Waals surface area contributed by atoms with Crippen molar-refractivity contribution in [3.63, 3.8) is 0 Å². The molecule has 0 amide bonds. The van der Waals surface area contributed by atoms with Gasteiger partial charge in [-0.25, -0.2) is 9.78 Å². The van der Waals surface area contributed by atoms with Gasteiger partial charge in [-0.1, -0.05) is 23.7 Å². The smallest absolute Gasteiger partial charge is 0.339 e. The lowest BCUT2D eigenvalue weighted by Crippen LogP contribution is -2.17. The molecule has 1 atom stereocenters. The zero-order chi connectivity index (χ0) is 18.8. The predicted octanol–water partition coefficient (Wildman–Crippen LogP) is 3.40. The molecule has 1 heterocycles. The standard InChI is InChI=1S/C17H12ClN3O5/c1-9(15-19-13-5-3-2-4-11(13)16(22)20-15)26-17(23)10-6-7-12(18)14(8-10)21(24)25/h2-9H,1H3,(H,19,20,22)/t9-/m1/s1. The van der Waals surface area contributed by atoms with E-state index >= 15 is 0 Å². The first-order chi connectivity index (χ1) is 12.4. The van der Waals surface area contributed by atoms with Crippen LogP contribution in [0.1, 0.15) is 29.2 Å². The van der Waals surface area contributed by atoms with Gasteiger partial charge in [0.15, 0.2) is 11.9 Å². The molecule has 0 radical (unpaired) electrons. The molecule has 0 aliphatic carbocycles. The van der Waals surface area contributed by atoms with Crippen LogP contribution in [-0.4, -0.2) is 20.9 Å². The summed E-state index contributed by atoms with van der Waals surface area (Å²) in [5, 5.41) is 11.3. The van der Waals surface area contributed by atoms with E-state index in [2.05, 4.69) is 9.97 Å². The highest BCUT2D eigenvalue weighted by Crippen LogP contribution is 2.26. The summed E-state index contributed by atoms with van der Waals surface area (Å²) in [4.78, 5) is 41.4. The summed E-state index contributed by atoms with van der Waals surface area (Å²) < 4.78 is 5.26. The summed E-state index contributed by atoms with van der Waals surface area (Å²) in [6, 6.07) is 10.4. The maximum Gasteiger partial charge on any atom is 0.339 e. The Morgan fingerprint density at radius 2 is 2.04 bits per heavy atom. The molecular formula is C17H12ClN3O5. The first-order valence-corrected chi connectivity index (χ1v) is 7.88. The number of esters is 1. The lowest BCUT2D eigenvalue weighted by Gasteiger charge is -2.13. The number of aromatic amines is 1. The quantitative estimate of drug-likeness (QED) is 0.425. The van der Waals surface area contributed by atoms with Crippen molar-refractivity contribution in [3.8, 4) is 0 Å². The number of nitrogens with zero attached hydrogens (tertiary/aromatic N) is 2. The van der Waals surface area contributed by atoms with Gasteiger partial charge in [-0.05, 0) is 31.2 Å². The van der Waals surface area contributed by atoms with Gasteiger partial charge in [-0.2, -0.15) is 0 Å². The minimum absolute atomic E-state index is 0.0314. The van der Waals surface area contributed by atoms with Crippen molar-refractivity contribution in [2.24, 2.45) is 0 Å². The van der Waals surface area contributed by atoms with E-state index in [0.717, 1.165) is 6.07 Å². The van der Waals surface area contributed by atoms with Gasteiger partial charge in [0.05, 0.1) is 21.4 Å². The average Bonchev–Trinajstić information content (AvgIpc) is 2.61. The van der Waals surface area contributed by atoms with Crippen molar-refractivity contribution >= 4 is 34.2 Å². The first-order valence-electron chi connectivity index (χ1n) is 7.50. The maximum atomic E-state index is 12.3. The number of H-pyrrole nitrogens is 1. The summed E-state index contributed by atoms with van der Waals surface area (Å²) in [5.74, 6) is -0.626. The van der Waals surface area contributed by atoms with Crippen LogP contribution in [0.3, 0.4) is 0 Å². The second-order valence-corrected chi connectivity index (χ2v) is 5.85. The van der Waals surface area contributed by atoms with E-state index in [-0.39, 0.29) is 22.0 Å². The molecule has 1 N–H and O–H groups in total. The first kappa shape index (κ1) is 17.6. The van der Waals surface area contributed by atoms with Crippen molar-refractivity contribution in [1.29, 1.82) is 0 Å². The number of nitrogens with one attached hydrogen (secondary N) is 1. The van der Waals surface area contributed by atoms with Gasteiger partial charge in [0.25, 0.3) is 11.2 Å².